The molecule has 2 N–H and O–H groups in total. The van der Waals surface area contributed by atoms with Crippen molar-refractivity contribution in [2.75, 3.05) is 7.11 Å². The molecule has 1 saturated carbocycles. The molecule has 1 heterocycles. The van der Waals surface area contributed by atoms with Gasteiger partial charge in [-0.2, -0.15) is 0 Å². The van der Waals surface area contributed by atoms with Crippen LogP contribution in [0.15, 0.2) is 26.4 Å². The van der Waals surface area contributed by atoms with E-state index in [1.54, 1.807) is 11.8 Å². The van der Waals surface area contributed by atoms with Gasteiger partial charge in [-0.25, -0.2) is 0 Å². The molecule has 5 nitrogen and oxygen atoms in total. The Bertz CT molecular complexity index is 746. The average Bonchev–Trinajstić information content (AvgIpc) is 2.47. The van der Waals surface area contributed by atoms with Crippen molar-refractivity contribution in [2.45, 2.75) is 42.4 Å². The second kappa shape index (κ2) is 6.12. The molecule has 0 unspecified atom stereocenters. The summed E-state index contributed by atoms with van der Waals surface area (Å²) >= 11 is 1.55. The molecular formula is C16H18O5S. The fourth-order valence-electron chi connectivity index (χ4n) is 2.86. The average molecular weight is 322 g/mol. The van der Waals surface area contributed by atoms with Crippen molar-refractivity contribution in [1.82, 2.24) is 0 Å². The van der Waals surface area contributed by atoms with Gasteiger partial charge in [0.15, 0.2) is 22.0 Å². The largest absolute Gasteiger partial charge is 0.504 e. The Morgan fingerprint density at radius 2 is 1.95 bits per heavy atom. The van der Waals surface area contributed by atoms with E-state index in [0.717, 1.165) is 12.8 Å². The zero-order chi connectivity index (χ0) is 15.7. The Morgan fingerprint density at radius 1 is 1.23 bits per heavy atom. The van der Waals surface area contributed by atoms with Crippen molar-refractivity contribution < 1.29 is 19.4 Å². The maximum atomic E-state index is 12.3. The number of hydrogen-bond acceptors (Lipinski definition) is 6. The van der Waals surface area contributed by atoms with Crippen molar-refractivity contribution in [2.24, 2.45) is 0 Å². The molecular weight excluding hydrogens is 304 g/mol. The van der Waals surface area contributed by atoms with Crippen LogP contribution in [0.25, 0.3) is 11.0 Å². The van der Waals surface area contributed by atoms with E-state index in [4.69, 9.17) is 9.15 Å². The van der Waals surface area contributed by atoms with Crippen LogP contribution in [0.5, 0.6) is 17.2 Å². The molecule has 0 aliphatic heterocycles. The summed E-state index contributed by atoms with van der Waals surface area (Å²) in [6.45, 7) is 0. The lowest BCUT2D eigenvalue weighted by Crippen LogP contribution is -2.09. The number of aromatic hydroxyl groups is 2. The lowest BCUT2D eigenvalue weighted by Gasteiger charge is -2.20. The number of phenolic OH excluding ortho intramolecular Hbond substituents is 2. The monoisotopic (exact) mass is 322 g/mol. The molecule has 1 aliphatic carbocycles. The standard InChI is InChI=1S/C16H18O5S/c1-20-16-11(18)7-12-14(15(16)19)10(17)8-13(21-12)22-9-5-3-2-4-6-9/h7-9,18-19H,2-6H2,1H3. The number of thioether (sulfide) groups is 1. The van der Waals surface area contributed by atoms with Crippen LogP contribution in [0.3, 0.4) is 0 Å². The highest BCUT2D eigenvalue weighted by atomic mass is 32.2. The number of fused-ring (bicyclic) bond motifs is 1. The van der Waals surface area contributed by atoms with Gasteiger partial charge in [0.05, 0.1) is 7.11 Å². The predicted molar refractivity (Wildman–Crippen MR) is 85.1 cm³/mol. The maximum absolute atomic E-state index is 12.3. The van der Waals surface area contributed by atoms with Crippen LogP contribution in [0.2, 0.25) is 0 Å². The Labute approximate surface area is 131 Å². The molecule has 3 rings (SSSR count). The van der Waals surface area contributed by atoms with Crippen molar-refractivity contribution in [1.29, 1.82) is 0 Å². The quantitative estimate of drug-likeness (QED) is 0.898. The van der Waals surface area contributed by atoms with E-state index in [1.165, 1.54) is 38.5 Å². The third-order valence-corrected chi connectivity index (χ3v) is 5.18. The molecule has 1 fully saturated rings. The highest BCUT2D eigenvalue weighted by molar-refractivity contribution is 7.99. The highest BCUT2D eigenvalue weighted by Gasteiger charge is 2.20. The van der Waals surface area contributed by atoms with Crippen LogP contribution in [0.1, 0.15) is 32.1 Å². The van der Waals surface area contributed by atoms with Gasteiger partial charge in [-0.05, 0) is 12.8 Å². The van der Waals surface area contributed by atoms with Gasteiger partial charge in [-0.15, -0.1) is 0 Å². The summed E-state index contributed by atoms with van der Waals surface area (Å²) in [5, 5.41) is 20.9. The van der Waals surface area contributed by atoms with Gasteiger partial charge in [-0.1, -0.05) is 31.0 Å². The van der Waals surface area contributed by atoms with E-state index in [1.807, 2.05) is 0 Å². The summed E-state index contributed by atoms with van der Waals surface area (Å²) in [7, 11) is 1.32. The molecule has 0 radical (unpaired) electrons. The zero-order valence-corrected chi connectivity index (χ0v) is 13.1. The Morgan fingerprint density at radius 3 is 2.64 bits per heavy atom. The predicted octanol–water partition coefficient (Wildman–Crippen LogP) is 3.64. The first-order chi connectivity index (χ1) is 10.6. The molecule has 22 heavy (non-hydrogen) atoms. The molecule has 0 amide bonds. The summed E-state index contributed by atoms with van der Waals surface area (Å²) in [5.41, 5.74) is -0.169. The minimum Gasteiger partial charge on any atom is -0.504 e. The molecule has 1 aromatic carbocycles. The first-order valence-corrected chi connectivity index (χ1v) is 8.21. The highest BCUT2D eigenvalue weighted by Crippen LogP contribution is 2.42. The lowest BCUT2D eigenvalue weighted by molar-refractivity contribution is 0.345. The van der Waals surface area contributed by atoms with Crippen molar-refractivity contribution >= 4 is 22.7 Å². The number of benzene rings is 1. The van der Waals surface area contributed by atoms with E-state index in [0.29, 0.717) is 10.3 Å². The molecule has 0 saturated heterocycles. The SMILES string of the molecule is COc1c(O)cc2oc(SC3CCCCC3)cc(=O)c2c1O. The van der Waals surface area contributed by atoms with E-state index >= 15 is 0 Å². The minimum absolute atomic E-state index is 0.0302. The number of methoxy groups -OCH3 is 1. The first kappa shape index (κ1) is 15.1. The smallest absolute Gasteiger partial charge is 0.203 e. The topological polar surface area (TPSA) is 79.9 Å². The summed E-state index contributed by atoms with van der Waals surface area (Å²) in [6, 6.07) is 2.71. The molecule has 1 aromatic heterocycles. The zero-order valence-electron chi connectivity index (χ0n) is 12.3. The number of phenols is 2. The lowest BCUT2D eigenvalue weighted by atomic mass is 10.0. The van der Waals surface area contributed by atoms with Gasteiger partial charge < -0.3 is 19.4 Å². The Balaban J connectivity index is 2.03. The molecule has 1 aliphatic rings. The molecule has 0 atom stereocenters. The normalized spacial score (nSPS) is 16.0. The third-order valence-electron chi connectivity index (χ3n) is 3.94. The van der Waals surface area contributed by atoms with Gasteiger partial charge in [0.25, 0.3) is 0 Å². The number of rotatable bonds is 3. The van der Waals surface area contributed by atoms with Gasteiger partial charge >= 0.3 is 0 Å². The van der Waals surface area contributed by atoms with E-state index in [-0.39, 0.29) is 33.6 Å². The molecule has 0 spiro atoms. The van der Waals surface area contributed by atoms with Gasteiger partial charge in [0.2, 0.25) is 5.75 Å². The second-order valence-electron chi connectivity index (χ2n) is 5.46. The number of hydrogen-bond donors (Lipinski definition) is 2. The van der Waals surface area contributed by atoms with Crippen molar-refractivity contribution in [3.05, 3.63) is 22.4 Å². The third kappa shape index (κ3) is 2.75. The number of ether oxygens (including phenoxy) is 1. The molecule has 6 heteroatoms. The van der Waals surface area contributed by atoms with Crippen LogP contribution in [0, 0.1) is 0 Å². The van der Waals surface area contributed by atoms with Gasteiger partial charge in [0.1, 0.15) is 11.0 Å². The van der Waals surface area contributed by atoms with Gasteiger partial charge in [-0.3, -0.25) is 4.79 Å². The summed E-state index contributed by atoms with van der Waals surface area (Å²) in [5.74, 6) is -0.761. The summed E-state index contributed by atoms with van der Waals surface area (Å²) < 4.78 is 10.6. The second-order valence-corrected chi connectivity index (χ2v) is 6.76. The van der Waals surface area contributed by atoms with Crippen LogP contribution >= 0.6 is 11.8 Å². The maximum Gasteiger partial charge on any atom is 0.203 e. The van der Waals surface area contributed by atoms with Crippen LogP contribution < -0.4 is 10.2 Å². The van der Waals surface area contributed by atoms with Crippen molar-refractivity contribution in [3.63, 3.8) is 0 Å². The van der Waals surface area contributed by atoms with Crippen LogP contribution in [-0.2, 0) is 0 Å². The molecule has 118 valence electrons. The van der Waals surface area contributed by atoms with Crippen LogP contribution in [0.4, 0.5) is 0 Å². The summed E-state index contributed by atoms with van der Waals surface area (Å²) in [4.78, 5) is 12.3. The van der Waals surface area contributed by atoms with Crippen LogP contribution in [-0.4, -0.2) is 22.6 Å². The van der Waals surface area contributed by atoms with Gasteiger partial charge in [0, 0.05) is 17.4 Å². The first-order valence-electron chi connectivity index (χ1n) is 7.33. The molecule has 0 bridgehead atoms. The summed E-state index contributed by atoms with van der Waals surface area (Å²) in [6.07, 6.45) is 5.90. The van der Waals surface area contributed by atoms with E-state index in [9.17, 15) is 15.0 Å². The fraction of sp³-hybridized carbons (Fsp3) is 0.438. The van der Waals surface area contributed by atoms with E-state index < -0.39 is 0 Å². The fourth-order valence-corrected chi connectivity index (χ4v) is 4.07. The van der Waals surface area contributed by atoms with E-state index in [2.05, 4.69) is 0 Å². The minimum atomic E-state index is -0.388. The molecule has 2 aromatic rings. The van der Waals surface area contributed by atoms with Crippen molar-refractivity contribution in [3.8, 4) is 17.2 Å². The Hall–Kier alpha value is -1.82. The Kier molecular flexibility index (Phi) is 4.20.